The predicted octanol–water partition coefficient (Wildman–Crippen LogP) is 3.41. The molecule has 0 amide bonds. The van der Waals surface area contributed by atoms with Gasteiger partial charge in [-0.15, -0.1) is 0 Å². The molecule has 0 aromatic rings. The fourth-order valence-corrected chi connectivity index (χ4v) is 2.91. The molecular weight excluding hydrogens is 208 g/mol. The van der Waals surface area contributed by atoms with Gasteiger partial charge in [0, 0.05) is 6.04 Å². The summed E-state index contributed by atoms with van der Waals surface area (Å²) in [6.45, 7) is 10.2. The molecule has 1 aliphatic carbocycles. The molecule has 0 spiro atoms. The third-order valence-corrected chi connectivity index (χ3v) is 4.35. The summed E-state index contributed by atoms with van der Waals surface area (Å²) in [4.78, 5) is 2.70. The largest absolute Gasteiger partial charge is 0.330 e. The van der Waals surface area contributed by atoms with Crippen LogP contribution in [0.3, 0.4) is 0 Å². The number of nitrogens with zero attached hydrogens (tertiary/aromatic N) is 1. The van der Waals surface area contributed by atoms with Gasteiger partial charge in [-0.05, 0) is 50.7 Å². The quantitative estimate of drug-likeness (QED) is 0.739. The molecule has 0 atom stereocenters. The Labute approximate surface area is 108 Å². The van der Waals surface area contributed by atoms with Gasteiger partial charge in [0.2, 0.25) is 0 Å². The second-order valence-corrected chi connectivity index (χ2v) is 6.39. The molecule has 0 aliphatic heterocycles. The maximum atomic E-state index is 5.78. The van der Waals surface area contributed by atoms with Crippen LogP contribution < -0.4 is 5.73 Å². The summed E-state index contributed by atoms with van der Waals surface area (Å²) in [6.07, 6.45) is 9.74. The lowest BCUT2D eigenvalue weighted by atomic mass is 9.87. The Morgan fingerprint density at radius 2 is 1.82 bits per heavy atom. The third kappa shape index (κ3) is 5.39. The first-order valence-electron chi connectivity index (χ1n) is 7.53. The summed E-state index contributed by atoms with van der Waals surface area (Å²) in [5.74, 6) is 0. The highest BCUT2D eigenvalue weighted by atomic mass is 15.1. The van der Waals surface area contributed by atoms with Gasteiger partial charge in [0.1, 0.15) is 0 Å². The van der Waals surface area contributed by atoms with Crippen LogP contribution in [0.25, 0.3) is 0 Å². The Morgan fingerprint density at radius 3 is 2.35 bits per heavy atom. The highest BCUT2D eigenvalue weighted by molar-refractivity contribution is 4.76. The van der Waals surface area contributed by atoms with Crippen molar-refractivity contribution in [3.63, 3.8) is 0 Å². The van der Waals surface area contributed by atoms with Crippen molar-refractivity contribution in [3.05, 3.63) is 0 Å². The molecule has 17 heavy (non-hydrogen) atoms. The van der Waals surface area contributed by atoms with Crippen molar-refractivity contribution in [2.45, 2.75) is 71.8 Å². The smallest absolute Gasteiger partial charge is 0.00951 e. The molecule has 2 heteroatoms. The Balaban J connectivity index is 2.26. The van der Waals surface area contributed by atoms with Crippen LogP contribution in [0.15, 0.2) is 0 Å². The third-order valence-electron chi connectivity index (χ3n) is 4.35. The van der Waals surface area contributed by atoms with Gasteiger partial charge >= 0.3 is 0 Å². The van der Waals surface area contributed by atoms with E-state index in [-0.39, 0.29) is 0 Å². The minimum absolute atomic E-state index is 0.325. The minimum atomic E-state index is 0.325. The van der Waals surface area contributed by atoms with E-state index in [4.69, 9.17) is 5.73 Å². The van der Waals surface area contributed by atoms with Crippen LogP contribution in [-0.4, -0.2) is 30.6 Å². The predicted molar refractivity (Wildman–Crippen MR) is 76.2 cm³/mol. The second-order valence-electron chi connectivity index (χ2n) is 6.39. The lowest BCUT2D eigenvalue weighted by Crippen LogP contribution is -2.38. The number of rotatable bonds is 7. The van der Waals surface area contributed by atoms with E-state index < -0.39 is 0 Å². The standard InChI is InChI=1S/C15H32N2/c1-4-17(14-9-6-5-7-10-14)12-8-11-15(2,3)13-16/h14H,4-13,16H2,1-3H3. The monoisotopic (exact) mass is 240 g/mol. The first-order chi connectivity index (χ1) is 8.09. The average Bonchev–Trinajstić information content (AvgIpc) is 2.36. The molecule has 2 N–H and O–H groups in total. The van der Waals surface area contributed by atoms with Crippen LogP contribution in [0, 0.1) is 5.41 Å². The van der Waals surface area contributed by atoms with Gasteiger partial charge in [0.25, 0.3) is 0 Å². The molecule has 0 unspecified atom stereocenters. The minimum Gasteiger partial charge on any atom is -0.330 e. The van der Waals surface area contributed by atoms with E-state index in [0.717, 1.165) is 12.6 Å². The van der Waals surface area contributed by atoms with Gasteiger partial charge in [-0.1, -0.05) is 40.0 Å². The van der Waals surface area contributed by atoms with Crippen LogP contribution in [-0.2, 0) is 0 Å². The topological polar surface area (TPSA) is 29.3 Å². The number of hydrogen-bond donors (Lipinski definition) is 1. The van der Waals surface area contributed by atoms with Crippen molar-refractivity contribution in [2.24, 2.45) is 11.1 Å². The van der Waals surface area contributed by atoms with Gasteiger partial charge in [0.05, 0.1) is 0 Å². The Bertz CT molecular complexity index is 195. The normalized spacial score (nSPS) is 18.9. The first-order valence-corrected chi connectivity index (χ1v) is 7.53. The summed E-state index contributed by atoms with van der Waals surface area (Å²) >= 11 is 0. The molecule has 0 radical (unpaired) electrons. The lowest BCUT2D eigenvalue weighted by Gasteiger charge is -2.34. The van der Waals surface area contributed by atoms with Gasteiger partial charge in [-0.2, -0.15) is 0 Å². The molecule has 0 bridgehead atoms. The average molecular weight is 240 g/mol. The number of hydrogen-bond acceptors (Lipinski definition) is 2. The molecule has 1 saturated carbocycles. The Morgan fingerprint density at radius 1 is 1.18 bits per heavy atom. The van der Waals surface area contributed by atoms with Gasteiger partial charge in [-0.25, -0.2) is 0 Å². The van der Waals surface area contributed by atoms with Crippen LogP contribution in [0.5, 0.6) is 0 Å². The fraction of sp³-hybridized carbons (Fsp3) is 1.00. The maximum absolute atomic E-state index is 5.78. The summed E-state index contributed by atoms with van der Waals surface area (Å²) in [6, 6.07) is 0.870. The van der Waals surface area contributed by atoms with E-state index in [0.29, 0.717) is 5.41 Å². The summed E-state index contributed by atoms with van der Waals surface area (Å²) < 4.78 is 0. The zero-order chi connectivity index (χ0) is 12.7. The zero-order valence-electron chi connectivity index (χ0n) is 12.2. The zero-order valence-corrected chi connectivity index (χ0v) is 12.2. The molecule has 0 heterocycles. The van der Waals surface area contributed by atoms with E-state index in [1.807, 2.05) is 0 Å². The molecule has 1 rings (SSSR count). The molecule has 0 aromatic heterocycles. The molecular formula is C15H32N2. The molecule has 102 valence electrons. The van der Waals surface area contributed by atoms with Crippen molar-refractivity contribution >= 4 is 0 Å². The van der Waals surface area contributed by atoms with Crippen LogP contribution in [0.1, 0.15) is 65.7 Å². The summed E-state index contributed by atoms with van der Waals surface area (Å²) in [5.41, 5.74) is 6.11. The Hall–Kier alpha value is -0.0800. The molecule has 0 saturated heterocycles. The van der Waals surface area contributed by atoms with Gasteiger partial charge in [-0.3, -0.25) is 0 Å². The van der Waals surface area contributed by atoms with E-state index in [2.05, 4.69) is 25.7 Å². The Kier molecular flexibility index (Phi) is 6.50. The molecule has 1 aliphatic rings. The van der Waals surface area contributed by atoms with Gasteiger partial charge in [0.15, 0.2) is 0 Å². The highest BCUT2D eigenvalue weighted by Crippen LogP contribution is 2.24. The number of nitrogens with two attached hydrogens (primary N) is 1. The highest BCUT2D eigenvalue weighted by Gasteiger charge is 2.21. The van der Waals surface area contributed by atoms with Crippen molar-refractivity contribution in [3.8, 4) is 0 Å². The second kappa shape index (κ2) is 7.38. The van der Waals surface area contributed by atoms with Crippen molar-refractivity contribution in [1.82, 2.24) is 4.90 Å². The van der Waals surface area contributed by atoms with E-state index >= 15 is 0 Å². The van der Waals surface area contributed by atoms with Crippen molar-refractivity contribution < 1.29 is 0 Å². The van der Waals surface area contributed by atoms with Crippen molar-refractivity contribution in [1.29, 1.82) is 0 Å². The molecule has 1 fully saturated rings. The fourth-order valence-electron chi connectivity index (χ4n) is 2.91. The van der Waals surface area contributed by atoms with E-state index in [1.54, 1.807) is 0 Å². The molecule has 2 nitrogen and oxygen atoms in total. The lowest BCUT2D eigenvalue weighted by molar-refractivity contribution is 0.154. The van der Waals surface area contributed by atoms with Crippen LogP contribution >= 0.6 is 0 Å². The van der Waals surface area contributed by atoms with Gasteiger partial charge < -0.3 is 10.6 Å². The summed E-state index contributed by atoms with van der Waals surface area (Å²) in [5, 5.41) is 0. The molecule has 0 aromatic carbocycles. The van der Waals surface area contributed by atoms with E-state index in [9.17, 15) is 0 Å². The van der Waals surface area contributed by atoms with Crippen LogP contribution in [0.2, 0.25) is 0 Å². The van der Waals surface area contributed by atoms with E-state index in [1.165, 1.54) is 58.0 Å². The maximum Gasteiger partial charge on any atom is 0.00951 e. The van der Waals surface area contributed by atoms with Crippen molar-refractivity contribution in [2.75, 3.05) is 19.6 Å². The van der Waals surface area contributed by atoms with Crippen LogP contribution in [0.4, 0.5) is 0 Å². The first kappa shape index (κ1) is 15.0. The summed E-state index contributed by atoms with van der Waals surface area (Å²) in [7, 11) is 0. The SMILES string of the molecule is CCN(CCCC(C)(C)CN)C1CCCCC1.